The lowest BCUT2D eigenvalue weighted by Gasteiger charge is -2.10. The van der Waals surface area contributed by atoms with Gasteiger partial charge in [0.15, 0.2) is 11.5 Å². The van der Waals surface area contributed by atoms with Crippen molar-refractivity contribution in [3.63, 3.8) is 0 Å². The van der Waals surface area contributed by atoms with Gasteiger partial charge in [-0.05, 0) is 12.1 Å². The minimum atomic E-state index is -0.0595. The molecule has 0 saturated heterocycles. The summed E-state index contributed by atoms with van der Waals surface area (Å²) in [5, 5.41) is 7.22. The lowest BCUT2D eigenvalue weighted by atomic mass is 10.2. The van der Waals surface area contributed by atoms with Crippen molar-refractivity contribution in [3.05, 3.63) is 23.8 Å². The average Bonchev–Trinajstić information content (AvgIpc) is 2.16. The van der Waals surface area contributed by atoms with Gasteiger partial charge in [0.25, 0.3) is 0 Å². The second kappa shape index (κ2) is 4.14. The number of rotatable bonds is 3. The first-order chi connectivity index (χ1) is 6.20. The van der Waals surface area contributed by atoms with Crippen LogP contribution in [0.2, 0.25) is 0 Å². The number of methoxy groups -OCH3 is 2. The second-order valence-corrected chi connectivity index (χ2v) is 2.73. The van der Waals surface area contributed by atoms with Gasteiger partial charge in [-0.1, -0.05) is 17.7 Å². The van der Waals surface area contributed by atoms with Crippen LogP contribution in [-0.2, 0) is 0 Å². The predicted molar refractivity (Wildman–Crippen MR) is 52.2 cm³/mol. The monoisotopic (exact) mass is 199 g/mol. The van der Waals surface area contributed by atoms with E-state index in [9.17, 15) is 0 Å². The van der Waals surface area contributed by atoms with E-state index in [1.54, 1.807) is 25.3 Å². The van der Waals surface area contributed by atoms with E-state index in [4.69, 9.17) is 26.5 Å². The topological polar surface area (TPSA) is 42.3 Å². The Morgan fingerprint density at radius 3 is 2.46 bits per heavy atom. The smallest absolute Gasteiger partial charge is 0.170 e. The Morgan fingerprint density at radius 2 is 2.00 bits per heavy atom. The van der Waals surface area contributed by atoms with Crippen LogP contribution in [0.25, 0.3) is 0 Å². The fourth-order valence-electron chi connectivity index (χ4n) is 1.06. The number of nitrogens with one attached hydrogen (secondary N) is 1. The summed E-state index contributed by atoms with van der Waals surface area (Å²) in [6.45, 7) is 0. The highest BCUT2D eigenvalue weighted by molar-refractivity contribution is 6.69. The van der Waals surface area contributed by atoms with Crippen LogP contribution in [0.4, 0.5) is 0 Å². The molecule has 1 rings (SSSR count). The van der Waals surface area contributed by atoms with Crippen molar-refractivity contribution in [3.8, 4) is 11.5 Å². The molecule has 3 nitrogen and oxygen atoms in total. The molecule has 0 unspecified atom stereocenters. The first-order valence-electron chi connectivity index (χ1n) is 3.66. The third kappa shape index (κ3) is 1.92. The number of ether oxygens (including phenoxy) is 2. The van der Waals surface area contributed by atoms with Crippen LogP contribution in [0.3, 0.4) is 0 Å². The van der Waals surface area contributed by atoms with Gasteiger partial charge in [0.05, 0.1) is 19.8 Å². The van der Waals surface area contributed by atoms with E-state index in [1.165, 1.54) is 7.11 Å². The zero-order valence-corrected chi connectivity index (χ0v) is 8.18. The molecule has 1 aromatic carbocycles. The Labute approximate surface area is 81.7 Å². The molecule has 13 heavy (non-hydrogen) atoms. The molecule has 0 aliphatic rings. The number of para-hydroxylation sites is 1. The SMILES string of the molecule is COc1cccc(C(=N)Cl)c1OC. The summed E-state index contributed by atoms with van der Waals surface area (Å²) in [5.41, 5.74) is 0.531. The van der Waals surface area contributed by atoms with Gasteiger partial charge in [0.1, 0.15) is 5.17 Å². The fraction of sp³-hybridized carbons (Fsp3) is 0.222. The molecule has 0 amide bonds. The van der Waals surface area contributed by atoms with Crippen LogP contribution in [0.1, 0.15) is 5.56 Å². The standard InChI is InChI=1S/C9H10ClNO2/c1-12-7-5-3-4-6(9(10)11)8(7)13-2/h3-5,11H,1-2H3. The summed E-state index contributed by atoms with van der Waals surface area (Å²) in [6, 6.07) is 5.21. The quantitative estimate of drug-likeness (QED) is 0.759. The van der Waals surface area contributed by atoms with Crippen molar-refractivity contribution in [1.82, 2.24) is 0 Å². The fourth-order valence-corrected chi connectivity index (χ4v) is 1.21. The summed E-state index contributed by atoms with van der Waals surface area (Å²) in [5.74, 6) is 1.07. The molecule has 70 valence electrons. The Morgan fingerprint density at radius 1 is 1.31 bits per heavy atom. The maximum atomic E-state index is 7.28. The van der Waals surface area contributed by atoms with Crippen molar-refractivity contribution >= 4 is 16.8 Å². The van der Waals surface area contributed by atoms with Crippen molar-refractivity contribution in [2.75, 3.05) is 14.2 Å². The lowest BCUT2D eigenvalue weighted by molar-refractivity contribution is 0.354. The summed E-state index contributed by atoms with van der Waals surface area (Å²) in [6.07, 6.45) is 0. The van der Waals surface area contributed by atoms with Crippen molar-refractivity contribution in [2.24, 2.45) is 0 Å². The Hall–Kier alpha value is -1.22. The van der Waals surface area contributed by atoms with Gasteiger partial charge in [0, 0.05) is 0 Å². The van der Waals surface area contributed by atoms with Crippen LogP contribution < -0.4 is 9.47 Å². The predicted octanol–water partition coefficient (Wildman–Crippen LogP) is 2.27. The minimum Gasteiger partial charge on any atom is -0.493 e. The molecule has 0 heterocycles. The van der Waals surface area contributed by atoms with Gasteiger partial charge in [-0.2, -0.15) is 0 Å². The van der Waals surface area contributed by atoms with Gasteiger partial charge in [-0.15, -0.1) is 0 Å². The molecule has 0 radical (unpaired) electrons. The van der Waals surface area contributed by atoms with Gasteiger partial charge in [-0.3, -0.25) is 5.41 Å². The van der Waals surface area contributed by atoms with Crippen LogP contribution in [0.5, 0.6) is 11.5 Å². The first kappa shape index (κ1) is 9.86. The van der Waals surface area contributed by atoms with Gasteiger partial charge >= 0.3 is 0 Å². The summed E-state index contributed by atoms with van der Waals surface area (Å²) in [4.78, 5) is 0. The van der Waals surface area contributed by atoms with Crippen LogP contribution in [0, 0.1) is 5.41 Å². The van der Waals surface area contributed by atoms with Gasteiger partial charge in [0.2, 0.25) is 0 Å². The number of hydrogen-bond donors (Lipinski definition) is 1. The Balaban J connectivity index is 3.27. The molecule has 0 spiro atoms. The molecular weight excluding hydrogens is 190 g/mol. The van der Waals surface area contributed by atoms with Crippen molar-refractivity contribution in [2.45, 2.75) is 0 Å². The Bertz CT molecular complexity index is 325. The van der Waals surface area contributed by atoms with E-state index in [2.05, 4.69) is 0 Å². The lowest BCUT2D eigenvalue weighted by Crippen LogP contribution is -1.97. The van der Waals surface area contributed by atoms with Crippen molar-refractivity contribution < 1.29 is 9.47 Å². The molecular formula is C9H10ClNO2. The molecule has 0 saturated carbocycles. The number of benzene rings is 1. The van der Waals surface area contributed by atoms with E-state index in [1.807, 2.05) is 0 Å². The summed E-state index contributed by atoms with van der Waals surface area (Å²) >= 11 is 5.56. The van der Waals surface area contributed by atoms with E-state index in [0.717, 1.165) is 0 Å². The highest BCUT2D eigenvalue weighted by atomic mass is 35.5. The molecule has 0 aromatic heterocycles. The van der Waals surface area contributed by atoms with Crippen LogP contribution >= 0.6 is 11.6 Å². The van der Waals surface area contributed by atoms with E-state index < -0.39 is 0 Å². The van der Waals surface area contributed by atoms with Crippen molar-refractivity contribution in [1.29, 1.82) is 5.41 Å². The third-order valence-electron chi connectivity index (χ3n) is 1.64. The molecule has 0 atom stereocenters. The second-order valence-electron chi connectivity index (χ2n) is 2.36. The van der Waals surface area contributed by atoms with E-state index in [-0.39, 0.29) is 5.17 Å². The Kier molecular flexibility index (Phi) is 3.14. The largest absolute Gasteiger partial charge is 0.493 e. The van der Waals surface area contributed by atoms with Crippen LogP contribution in [-0.4, -0.2) is 19.4 Å². The van der Waals surface area contributed by atoms with Gasteiger partial charge < -0.3 is 9.47 Å². The molecule has 0 aliphatic carbocycles. The minimum absolute atomic E-state index is 0.0595. The maximum absolute atomic E-state index is 7.28. The molecule has 0 fully saturated rings. The first-order valence-corrected chi connectivity index (χ1v) is 4.04. The van der Waals surface area contributed by atoms with Gasteiger partial charge in [-0.25, -0.2) is 0 Å². The normalized spacial score (nSPS) is 9.46. The zero-order valence-electron chi connectivity index (χ0n) is 7.43. The maximum Gasteiger partial charge on any atom is 0.170 e. The van der Waals surface area contributed by atoms with Crippen LogP contribution in [0.15, 0.2) is 18.2 Å². The number of halogens is 1. The molecule has 0 bridgehead atoms. The number of hydrogen-bond acceptors (Lipinski definition) is 3. The van der Waals surface area contributed by atoms with E-state index in [0.29, 0.717) is 17.1 Å². The highest BCUT2D eigenvalue weighted by Gasteiger charge is 2.11. The third-order valence-corrected chi connectivity index (χ3v) is 1.84. The molecule has 1 aromatic rings. The average molecular weight is 200 g/mol. The zero-order chi connectivity index (χ0) is 9.84. The molecule has 1 N–H and O–H groups in total. The molecule has 4 heteroatoms. The highest BCUT2D eigenvalue weighted by Crippen LogP contribution is 2.31. The molecule has 0 aliphatic heterocycles. The summed E-state index contributed by atoms with van der Waals surface area (Å²) in [7, 11) is 3.06. The van der Waals surface area contributed by atoms with E-state index >= 15 is 0 Å². The summed E-state index contributed by atoms with van der Waals surface area (Å²) < 4.78 is 10.1.